The van der Waals surface area contributed by atoms with Crippen LogP contribution in [0.15, 0.2) is 174 Å². The Morgan fingerprint density at radius 1 is 0.434 bits per heavy atom. The van der Waals surface area contributed by atoms with E-state index in [9.17, 15) is 0 Å². The first-order chi connectivity index (χ1) is 26.7. The van der Waals surface area contributed by atoms with Crippen molar-refractivity contribution in [2.45, 2.75) is 0 Å². The van der Waals surface area contributed by atoms with Crippen LogP contribution in [0, 0.1) is 0 Å². The van der Waals surface area contributed by atoms with Gasteiger partial charge in [-0.15, -0.1) is 0 Å². The Bertz CT molecular complexity index is 3220. The maximum Gasteiger partial charge on any atom is 0.238 e. The van der Waals surface area contributed by atoms with E-state index in [4.69, 9.17) is 25.7 Å². The molecule has 7 heteroatoms. The molecule has 4 aromatic heterocycles. The highest BCUT2D eigenvalue weighted by molar-refractivity contribution is 6.24. The highest BCUT2D eigenvalue weighted by atomic mass is 16.3. The number of hydrogen-bond donors (Lipinski definition) is 0. The zero-order valence-corrected chi connectivity index (χ0v) is 28.2. The zero-order chi connectivity index (χ0) is 35.8. The Kier molecular flexibility index (Phi) is 6.19. The molecule has 0 spiro atoms. The lowest BCUT2D eigenvalue weighted by Gasteiger charge is -2.13. The molecule has 11 aromatic rings. The predicted molar refractivity (Wildman–Crippen MR) is 212 cm³/mol. The smallest absolute Gasteiger partial charge is 0.238 e. The summed E-state index contributed by atoms with van der Waals surface area (Å²) in [5.74, 6) is 2.15. The molecule has 0 saturated heterocycles. The van der Waals surface area contributed by atoms with Gasteiger partial charge >= 0.3 is 0 Å². The summed E-state index contributed by atoms with van der Waals surface area (Å²) < 4.78 is 19.2. The van der Waals surface area contributed by atoms with Crippen LogP contribution < -0.4 is 0 Å². The normalized spacial score (nSPS) is 12.0. The van der Waals surface area contributed by atoms with E-state index in [1.54, 1.807) is 12.1 Å². The predicted octanol–water partition coefficient (Wildman–Crippen LogP) is 11.2. The Labute approximate surface area is 304 Å². The van der Waals surface area contributed by atoms with Crippen LogP contribution in [0.2, 0.25) is 0 Å². The summed E-state index contributed by atoms with van der Waals surface area (Å²) in [6, 6.07) is 55.2. The van der Waals surface area contributed by atoms with Crippen molar-refractivity contribution in [3.8, 4) is 45.9 Å². The van der Waals surface area contributed by atoms with Crippen molar-refractivity contribution in [2.24, 2.45) is 0 Å². The number of hydrogen-bond acceptors (Lipinski definition) is 5. The second kappa shape index (κ2) is 11.6. The number of nitrogens with zero attached hydrogens (tertiary/aromatic N) is 6. The number of oxazole rings is 1. The first-order valence-electron chi connectivity index (χ1n) is 18.0. The first kappa shape index (κ1) is 28.3. The van der Waals surface area contributed by atoms with Gasteiger partial charge in [0.1, 0.15) is 5.52 Å². The third kappa shape index (κ3) is 4.54. The molecule has 248 valence electrons. The summed E-state index contributed by atoms with van der Waals surface area (Å²) >= 11 is 0. The van der Waals surface area contributed by atoms with Gasteiger partial charge in [0.25, 0.3) is 0 Å². The summed E-state index contributed by atoms with van der Waals surface area (Å²) in [4.78, 5) is 20.3. The van der Waals surface area contributed by atoms with Gasteiger partial charge in [-0.05, 0) is 36.4 Å². The molecule has 53 heavy (non-hydrogen) atoms. The van der Waals surface area contributed by atoms with Crippen molar-refractivity contribution < 1.29 is 5.79 Å². The average molecular weight is 682 g/mol. The minimum atomic E-state index is 0.423. The molecule has 0 atom stereocenters. The minimum absolute atomic E-state index is 0.423. The summed E-state index contributed by atoms with van der Waals surface area (Å²) in [7, 11) is 0. The van der Waals surface area contributed by atoms with E-state index in [1.807, 2.05) is 84.9 Å². The van der Waals surface area contributed by atoms with Crippen molar-refractivity contribution >= 4 is 54.7 Å². The largest absolute Gasteiger partial charge is 0.434 e. The van der Waals surface area contributed by atoms with E-state index >= 15 is 0 Å². The maximum atomic E-state index is 8.11. The lowest BCUT2D eigenvalue weighted by atomic mass is 10.1. The molecule has 0 aliphatic heterocycles. The van der Waals surface area contributed by atoms with E-state index in [1.165, 1.54) is 0 Å². The fourth-order valence-corrected chi connectivity index (χ4v) is 7.62. The van der Waals surface area contributed by atoms with Gasteiger partial charge in [-0.2, -0.15) is 9.97 Å². The number of benzene rings is 7. The first-order valence-corrected chi connectivity index (χ1v) is 17.5. The molecule has 4 heterocycles. The topological polar surface area (TPSA) is 74.6 Å². The van der Waals surface area contributed by atoms with Gasteiger partial charge < -0.3 is 8.98 Å². The molecular formula is C46H28N6O. The lowest BCUT2D eigenvalue weighted by Crippen LogP contribution is -2.07. The number of fused-ring (bicyclic) bond motifs is 8. The minimum Gasteiger partial charge on any atom is -0.434 e. The van der Waals surface area contributed by atoms with Crippen LogP contribution in [-0.2, 0) is 0 Å². The molecule has 11 rings (SSSR count). The van der Waals surface area contributed by atoms with Gasteiger partial charge in [-0.1, -0.05) is 133 Å². The van der Waals surface area contributed by atoms with E-state index in [2.05, 4.69) is 75.9 Å². The third-order valence-corrected chi connectivity index (χ3v) is 9.96. The Morgan fingerprint density at radius 3 is 1.64 bits per heavy atom. The average Bonchev–Trinajstić information content (AvgIpc) is 3.92. The van der Waals surface area contributed by atoms with Gasteiger partial charge in [0.15, 0.2) is 17.2 Å². The van der Waals surface area contributed by atoms with Crippen LogP contribution in [0.5, 0.6) is 0 Å². The van der Waals surface area contributed by atoms with Crippen molar-refractivity contribution in [2.75, 3.05) is 0 Å². The van der Waals surface area contributed by atoms with Crippen LogP contribution in [0.4, 0.5) is 0 Å². The Morgan fingerprint density at radius 2 is 0.981 bits per heavy atom. The number of rotatable bonds is 5. The van der Waals surface area contributed by atoms with E-state index < -0.39 is 0 Å². The fourth-order valence-electron chi connectivity index (χ4n) is 7.62. The second-order valence-corrected chi connectivity index (χ2v) is 13.0. The molecule has 0 saturated carbocycles. The van der Waals surface area contributed by atoms with Crippen LogP contribution in [0.1, 0.15) is 1.37 Å². The van der Waals surface area contributed by atoms with Crippen molar-refractivity contribution in [1.82, 2.24) is 29.1 Å². The highest BCUT2D eigenvalue weighted by Gasteiger charge is 2.25. The van der Waals surface area contributed by atoms with E-state index in [0.717, 1.165) is 71.5 Å². The molecule has 7 nitrogen and oxygen atoms in total. The summed E-state index contributed by atoms with van der Waals surface area (Å²) in [6.45, 7) is 0. The molecule has 0 fully saturated rings. The second-order valence-electron chi connectivity index (χ2n) is 13.0. The van der Waals surface area contributed by atoms with Gasteiger partial charge in [0.2, 0.25) is 11.8 Å². The lowest BCUT2D eigenvalue weighted by molar-refractivity contribution is 0.618. The summed E-state index contributed by atoms with van der Waals surface area (Å²) in [5, 5.41) is 4.35. The number of para-hydroxylation sites is 3. The van der Waals surface area contributed by atoms with Crippen molar-refractivity contribution in [1.29, 1.82) is 0 Å². The fraction of sp³-hybridized carbons (Fsp3) is 0. The summed E-state index contributed by atoms with van der Waals surface area (Å²) in [5.41, 5.74) is 8.93. The van der Waals surface area contributed by atoms with Gasteiger partial charge in [0, 0.05) is 38.2 Å². The van der Waals surface area contributed by atoms with Crippen molar-refractivity contribution in [3.05, 3.63) is 170 Å². The highest BCUT2D eigenvalue weighted by Crippen LogP contribution is 2.43. The van der Waals surface area contributed by atoms with Crippen molar-refractivity contribution in [3.63, 3.8) is 0 Å². The SMILES string of the molecule is [2H]c1ccc(-c2nc(-c3ccccc3)nc(-n3c4ccccc4c4ccc5c6ccccc6n(-c6cccc7nc(-c8ccccc8)oc67)c5c43)n2)cc1. The van der Waals surface area contributed by atoms with Crippen LogP contribution >= 0.6 is 0 Å². The molecule has 0 bridgehead atoms. The van der Waals surface area contributed by atoms with E-state index in [-0.39, 0.29) is 0 Å². The maximum absolute atomic E-state index is 8.11. The van der Waals surface area contributed by atoms with Gasteiger partial charge in [-0.25, -0.2) is 9.97 Å². The van der Waals surface area contributed by atoms with Crippen LogP contribution in [0.25, 0.3) is 101 Å². The van der Waals surface area contributed by atoms with Crippen LogP contribution in [0.3, 0.4) is 0 Å². The molecule has 0 N–H and O–H groups in total. The molecule has 0 aliphatic carbocycles. The van der Waals surface area contributed by atoms with E-state index in [0.29, 0.717) is 35.1 Å². The molecule has 0 radical (unpaired) electrons. The van der Waals surface area contributed by atoms with Crippen LogP contribution in [-0.4, -0.2) is 29.1 Å². The molecular weight excluding hydrogens is 653 g/mol. The number of aromatic nitrogens is 6. The molecule has 0 unspecified atom stereocenters. The zero-order valence-electron chi connectivity index (χ0n) is 29.2. The molecule has 0 aliphatic rings. The summed E-state index contributed by atoms with van der Waals surface area (Å²) in [6.07, 6.45) is 0. The third-order valence-electron chi connectivity index (χ3n) is 9.96. The Balaban J connectivity index is 1.28. The van der Waals surface area contributed by atoms with Gasteiger partial charge in [-0.3, -0.25) is 4.57 Å². The monoisotopic (exact) mass is 681 g/mol. The molecule has 0 amide bonds. The Hall–Kier alpha value is -7.38. The quantitative estimate of drug-likeness (QED) is 0.181. The standard InChI is InChI=1S/C46H28N6O/c1-4-15-29(16-5-1)43-48-44(30-17-6-2-7-18-30)50-46(49-43)52-38-25-13-11-22-33(38)35-28-27-34-32-21-10-12-24-37(32)51(40(34)41(35)52)39-26-14-23-36-42(39)53-45(47-36)31-19-8-3-9-20-31/h1-28H/i1D. The van der Waals surface area contributed by atoms with Gasteiger partial charge in [0.05, 0.1) is 29.1 Å². The molecule has 7 aromatic carbocycles.